The minimum Gasteiger partial charge on any atom is -0.314 e. The van der Waals surface area contributed by atoms with Crippen molar-refractivity contribution in [3.63, 3.8) is 0 Å². The Bertz CT molecular complexity index is 377. The van der Waals surface area contributed by atoms with Gasteiger partial charge in [0.1, 0.15) is 0 Å². The molecule has 1 aromatic heterocycles. The maximum atomic E-state index is 3.73. The average molecular weight is 309 g/mol. The van der Waals surface area contributed by atoms with Gasteiger partial charge in [0.05, 0.1) is 0 Å². The maximum Gasteiger partial charge on any atom is 0.0108 e. The molecule has 1 heterocycles. The second-order valence-corrected chi connectivity index (χ2v) is 7.64. The number of thiophene rings is 1. The lowest BCUT2D eigenvalue weighted by atomic mass is 9.76. The molecule has 2 nitrogen and oxygen atoms in total. The first kappa shape index (κ1) is 17.0. The molecule has 0 saturated heterocycles. The Hall–Kier alpha value is -0.380. The molecule has 0 aromatic carbocycles. The highest BCUT2D eigenvalue weighted by atomic mass is 32.1. The number of likely N-dealkylation sites (N-methyl/N-ethyl adjacent to an activating group) is 1. The third-order valence-corrected chi connectivity index (χ3v) is 5.94. The van der Waals surface area contributed by atoms with Gasteiger partial charge in [0.15, 0.2) is 0 Å². The van der Waals surface area contributed by atoms with Crippen LogP contribution in [-0.4, -0.2) is 37.6 Å². The Morgan fingerprint density at radius 3 is 2.86 bits per heavy atom. The zero-order chi connectivity index (χ0) is 15.1. The normalized spacial score (nSPS) is 26.4. The van der Waals surface area contributed by atoms with Crippen LogP contribution in [0.4, 0.5) is 0 Å². The Balaban J connectivity index is 1.81. The van der Waals surface area contributed by atoms with Crippen molar-refractivity contribution in [2.75, 3.05) is 26.7 Å². The number of nitrogens with one attached hydrogen (secondary N) is 1. The molecular formula is C18H32N2S. The molecule has 1 N–H and O–H groups in total. The van der Waals surface area contributed by atoms with Crippen LogP contribution in [0, 0.1) is 11.8 Å². The maximum absolute atomic E-state index is 3.73. The van der Waals surface area contributed by atoms with Gasteiger partial charge in [-0.3, -0.25) is 0 Å². The summed E-state index contributed by atoms with van der Waals surface area (Å²) in [7, 11) is 2.30. The fourth-order valence-corrected chi connectivity index (χ4v) is 4.41. The van der Waals surface area contributed by atoms with Crippen LogP contribution in [0.1, 0.15) is 44.4 Å². The lowest BCUT2D eigenvalue weighted by molar-refractivity contribution is 0.154. The van der Waals surface area contributed by atoms with Crippen LogP contribution in [-0.2, 0) is 6.42 Å². The first-order chi connectivity index (χ1) is 10.2. The summed E-state index contributed by atoms with van der Waals surface area (Å²) in [6.07, 6.45) is 6.76. The van der Waals surface area contributed by atoms with Crippen LogP contribution in [0.25, 0.3) is 0 Å². The Morgan fingerprint density at radius 1 is 1.33 bits per heavy atom. The zero-order valence-electron chi connectivity index (χ0n) is 14.0. The molecule has 120 valence electrons. The molecule has 0 spiro atoms. The largest absolute Gasteiger partial charge is 0.314 e. The quantitative estimate of drug-likeness (QED) is 0.780. The molecule has 1 saturated carbocycles. The van der Waals surface area contributed by atoms with Crippen LogP contribution >= 0.6 is 11.3 Å². The second kappa shape index (κ2) is 8.92. The second-order valence-electron chi connectivity index (χ2n) is 6.60. The van der Waals surface area contributed by atoms with Crippen LogP contribution in [0.5, 0.6) is 0 Å². The van der Waals surface area contributed by atoms with E-state index in [9.17, 15) is 0 Å². The summed E-state index contributed by atoms with van der Waals surface area (Å²) >= 11 is 1.88. The van der Waals surface area contributed by atoms with Crippen LogP contribution < -0.4 is 5.32 Å². The molecule has 3 unspecified atom stereocenters. The average Bonchev–Trinajstić information content (AvgIpc) is 3.00. The minimum atomic E-state index is 0.738. The van der Waals surface area contributed by atoms with Crippen molar-refractivity contribution in [1.82, 2.24) is 10.2 Å². The van der Waals surface area contributed by atoms with Gasteiger partial charge in [0, 0.05) is 24.0 Å². The van der Waals surface area contributed by atoms with Crippen LogP contribution in [0.2, 0.25) is 0 Å². The van der Waals surface area contributed by atoms with Crippen molar-refractivity contribution in [3.8, 4) is 0 Å². The highest BCUT2D eigenvalue weighted by Crippen LogP contribution is 2.31. The van der Waals surface area contributed by atoms with E-state index < -0.39 is 0 Å². The number of nitrogens with zero attached hydrogens (tertiary/aromatic N) is 1. The van der Waals surface area contributed by atoms with E-state index in [4.69, 9.17) is 0 Å². The third kappa shape index (κ3) is 5.39. The minimum absolute atomic E-state index is 0.738. The van der Waals surface area contributed by atoms with Gasteiger partial charge < -0.3 is 10.2 Å². The smallest absolute Gasteiger partial charge is 0.0108 e. The summed E-state index contributed by atoms with van der Waals surface area (Å²) in [6.45, 7) is 8.14. The summed E-state index contributed by atoms with van der Waals surface area (Å²) < 4.78 is 0. The monoisotopic (exact) mass is 308 g/mol. The molecule has 21 heavy (non-hydrogen) atoms. The number of rotatable bonds is 8. The van der Waals surface area contributed by atoms with Gasteiger partial charge in [0.25, 0.3) is 0 Å². The molecule has 1 aliphatic carbocycles. The Kier molecular flexibility index (Phi) is 7.21. The highest BCUT2D eigenvalue weighted by Gasteiger charge is 2.29. The summed E-state index contributed by atoms with van der Waals surface area (Å²) in [5.74, 6) is 1.78. The molecule has 0 aliphatic heterocycles. The van der Waals surface area contributed by atoms with Gasteiger partial charge in [0.2, 0.25) is 0 Å². The van der Waals surface area contributed by atoms with Crippen LogP contribution in [0.15, 0.2) is 17.5 Å². The van der Waals surface area contributed by atoms with Crippen molar-refractivity contribution in [3.05, 3.63) is 22.4 Å². The summed E-state index contributed by atoms with van der Waals surface area (Å²) in [5, 5.41) is 5.91. The lowest BCUT2D eigenvalue weighted by Crippen LogP contribution is -2.45. The summed E-state index contributed by atoms with van der Waals surface area (Å²) in [5.41, 5.74) is 0. The molecule has 0 radical (unpaired) electrons. The molecule has 3 atom stereocenters. The van der Waals surface area contributed by atoms with Crippen molar-refractivity contribution in [1.29, 1.82) is 0 Å². The van der Waals surface area contributed by atoms with E-state index in [0.717, 1.165) is 24.4 Å². The topological polar surface area (TPSA) is 15.3 Å². The van der Waals surface area contributed by atoms with Crippen molar-refractivity contribution < 1.29 is 0 Å². The van der Waals surface area contributed by atoms with Gasteiger partial charge in [-0.1, -0.05) is 26.3 Å². The molecular weight excluding hydrogens is 276 g/mol. The SMILES string of the molecule is CCNC1CCC(CC)CC1CN(C)CCc1cccs1. The van der Waals surface area contributed by atoms with E-state index in [1.54, 1.807) is 0 Å². The molecule has 1 aromatic rings. The third-order valence-electron chi connectivity index (χ3n) is 5.00. The van der Waals surface area contributed by atoms with Gasteiger partial charge in [-0.15, -0.1) is 11.3 Å². The Labute approximate surface area is 134 Å². The van der Waals surface area contributed by atoms with Crippen molar-refractivity contribution in [2.24, 2.45) is 11.8 Å². The van der Waals surface area contributed by atoms with Crippen LogP contribution in [0.3, 0.4) is 0 Å². The standard InChI is InChI=1S/C18H32N2S/c1-4-15-8-9-18(19-5-2)16(13-15)14-20(3)11-10-17-7-6-12-21-17/h6-7,12,15-16,18-19H,4-5,8-11,13-14H2,1-3H3. The van der Waals surface area contributed by atoms with E-state index in [1.165, 1.54) is 50.1 Å². The fourth-order valence-electron chi connectivity index (χ4n) is 3.71. The summed E-state index contributed by atoms with van der Waals surface area (Å²) in [6, 6.07) is 5.16. The first-order valence-corrected chi connectivity index (χ1v) is 9.55. The molecule has 1 aliphatic rings. The molecule has 2 rings (SSSR count). The summed E-state index contributed by atoms with van der Waals surface area (Å²) in [4.78, 5) is 4.06. The van der Waals surface area contributed by atoms with Crippen molar-refractivity contribution in [2.45, 2.75) is 52.0 Å². The van der Waals surface area contributed by atoms with E-state index >= 15 is 0 Å². The van der Waals surface area contributed by atoms with Gasteiger partial charge in [-0.2, -0.15) is 0 Å². The van der Waals surface area contributed by atoms with E-state index in [-0.39, 0.29) is 0 Å². The van der Waals surface area contributed by atoms with Crippen molar-refractivity contribution >= 4 is 11.3 Å². The van der Waals surface area contributed by atoms with Gasteiger partial charge >= 0.3 is 0 Å². The molecule has 0 bridgehead atoms. The highest BCUT2D eigenvalue weighted by molar-refractivity contribution is 7.09. The predicted molar refractivity (Wildman–Crippen MR) is 94.1 cm³/mol. The lowest BCUT2D eigenvalue weighted by Gasteiger charge is -2.38. The predicted octanol–water partition coefficient (Wildman–Crippen LogP) is 4.03. The fraction of sp³-hybridized carbons (Fsp3) is 0.778. The zero-order valence-corrected chi connectivity index (χ0v) is 14.8. The van der Waals surface area contributed by atoms with E-state index in [0.29, 0.717) is 0 Å². The van der Waals surface area contributed by atoms with E-state index in [2.05, 4.69) is 48.6 Å². The first-order valence-electron chi connectivity index (χ1n) is 8.67. The molecule has 3 heteroatoms. The molecule has 1 fully saturated rings. The number of hydrogen-bond donors (Lipinski definition) is 1. The molecule has 0 amide bonds. The van der Waals surface area contributed by atoms with E-state index in [1.807, 2.05) is 11.3 Å². The van der Waals surface area contributed by atoms with Gasteiger partial charge in [-0.05, 0) is 62.6 Å². The van der Waals surface area contributed by atoms with Gasteiger partial charge in [-0.25, -0.2) is 0 Å². The number of hydrogen-bond acceptors (Lipinski definition) is 3. The Morgan fingerprint density at radius 2 is 2.19 bits per heavy atom.